The Morgan fingerprint density at radius 2 is 1.94 bits per heavy atom. The molecule has 100 valence electrons. The number of hydrogen-bond donors (Lipinski definition) is 2. The molecule has 1 aliphatic carbocycles. The van der Waals surface area contributed by atoms with Crippen molar-refractivity contribution in [1.82, 2.24) is 4.72 Å². The molecule has 1 unspecified atom stereocenters. The second kappa shape index (κ2) is 4.99. The molecule has 1 aliphatic rings. The molecule has 1 aromatic rings. The van der Waals surface area contributed by atoms with Crippen LogP contribution < -0.4 is 4.72 Å². The number of aliphatic hydroxyl groups is 1. The highest BCUT2D eigenvalue weighted by molar-refractivity contribution is 7.89. The molecule has 0 radical (unpaired) electrons. The third kappa shape index (κ3) is 3.31. The Balaban J connectivity index is 2.00. The second-order valence-corrected chi connectivity index (χ2v) is 6.90. The first kappa shape index (κ1) is 13.5. The van der Waals surface area contributed by atoms with Crippen molar-refractivity contribution in [3.63, 3.8) is 0 Å². The maximum absolute atomic E-state index is 12.0. The Bertz CT molecular complexity index is 494. The summed E-state index contributed by atoms with van der Waals surface area (Å²) in [5.41, 5.74) is 0.437. The minimum atomic E-state index is -3.35. The van der Waals surface area contributed by atoms with Gasteiger partial charge in [-0.2, -0.15) is 0 Å². The minimum Gasteiger partial charge on any atom is -0.394 e. The van der Waals surface area contributed by atoms with Crippen LogP contribution in [-0.2, 0) is 10.0 Å². The van der Waals surface area contributed by atoms with Crippen LogP contribution in [0.2, 0.25) is 0 Å². The number of hydrogen-bond acceptors (Lipinski definition) is 3. The molecule has 0 saturated heterocycles. The fourth-order valence-electron chi connectivity index (χ4n) is 2.02. The smallest absolute Gasteiger partial charge is 0.212 e. The van der Waals surface area contributed by atoms with Crippen molar-refractivity contribution < 1.29 is 13.5 Å². The number of rotatable bonds is 6. The van der Waals surface area contributed by atoms with Gasteiger partial charge >= 0.3 is 0 Å². The lowest BCUT2D eigenvalue weighted by atomic mass is 10.0. The highest BCUT2D eigenvalue weighted by Gasteiger charge is 2.45. The average molecular weight is 269 g/mol. The molecule has 0 bridgehead atoms. The van der Waals surface area contributed by atoms with Crippen molar-refractivity contribution in [2.75, 3.05) is 12.4 Å². The van der Waals surface area contributed by atoms with Crippen LogP contribution in [0.1, 0.15) is 31.2 Å². The predicted octanol–water partition coefficient (Wildman–Crippen LogP) is 1.23. The summed E-state index contributed by atoms with van der Waals surface area (Å²) < 4.78 is 26.6. The first-order chi connectivity index (χ1) is 8.46. The van der Waals surface area contributed by atoms with Gasteiger partial charge in [0.05, 0.1) is 17.9 Å². The fourth-order valence-corrected chi connectivity index (χ4v) is 3.88. The summed E-state index contributed by atoms with van der Waals surface area (Å²) in [7, 11) is -3.35. The van der Waals surface area contributed by atoms with E-state index in [4.69, 9.17) is 5.11 Å². The van der Waals surface area contributed by atoms with Gasteiger partial charge in [0.15, 0.2) is 0 Å². The SMILES string of the molecule is CC(CS(=O)(=O)NC1(CO)CC1)c1ccccc1. The molecular formula is C13H19NO3S. The zero-order chi connectivity index (χ0) is 13.2. The summed E-state index contributed by atoms with van der Waals surface area (Å²) in [5, 5.41) is 9.14. The maximum Gasteiger partial charge on any atom is 0.212 e. The summed E-state index contributed by atoms with van der Waals surface area (Å²) in [6.07, 6.45) is 1.45. The molecule has 0 amide bonds. The zero-order valence-corrected chi connectivity index (χ0v) is 11.3. The van der Waals surface area contributed by atoms with Gasteiger partial charge in [-0.25, -0.2) is 13.1 Å². The van der Waals surface area contributed by atoms with Crippen molar-refractivity contribution >= 4 is 10.0 Å². The predicted molar refractivity (Wildman–Crippen MR) is 70.8 cm³/mol. The van der Waals surface area contributed by atoms with Crippen LogP contribution in [0.4, 0.5) is 0 Å². The molecule has 1 saturated carbocycles. The molecular weight excluding hydrogens is 250 g/mol. The van der Waals surface area contributed by atoms with Crippen LogP contribution in [0.3, 0.4) is 0 Å². The first-order valence-electron chi connectivity index (χ1n) is 6.14. The van der Waals surface area contributed by atoms with E-state index in [9.17, 15) is 8.42 Å². The lowest BCUT2D eigenvalue weighted by molar-refractivity contribution is 0.246. The van der Waals surface area contributed by atoms with Crippen LogP contribution in [0.5, 0.6) is 0 Å². The zero-order valence-electron chi connectivity index (χ0n) is 10.5. The van der Waals surface area contributed by atoms with E-state index >= 15 is 0 Å². The van der Waals surface area contributed by atoms with Gasteiger partial charge in [0.25, 0.3) is 0 Å². The van der Waals surface area contributed by atoms with Crippen molar-refractivity contribution in [3.05, 3.63) is 35.9 Å². The molecule has 5 heteroatoms. The lowest BCUT2D eigenvalue weighted by Gasteiger charge is -2.17. The third-order valence-electron chi connectivity index (χ3n) is 3.37. The van der Waals surface area contributed by atoms with Gasteiger partial charge in [0, 0.05) is 0 Å². The number of aliphatic hydroxyl groups excluding tert-OH is 1. The average Bonchev–Trinajstić information content (AvgIpc) is 3.09. The van der Waals surface area contributed by atoms with Crippen LogP contribution in [-0.4, -0.2) is 31.4 Å². The van der Waals surface area contributed by atoms with Crippen LogP contribution in [0, 0.1) is 0 Å². The Kier molecular flexibility index (Phi) is 3.75. The molecule has 0 aliphatic heterocycles. The highest BCUT2D eigenvalue weighted by atomic mass is 32.2. The maximum atomic E-state index is 12.0. The summed E-state index contributed by atoms with van der Waals surface area (Å²) >= 11 is 0. The molecule has 2 N–H and O–H groups in total. The Morgan fingerprint density at radius 1 is 1.33 bits per heavy atom. The van der Waals surface area contributed by atoms with Crippen LogP contribution >= 0.6 is 0 Å². The molecule has 1 fully saturated rings. The van der Waals surface area contributed by atoms with Crippen molar-refractivity contribution in [3.8, 4) is 0 Å². The summed E-state index contributed by atoms with van der Waals surface area (Å²) in [6, 6.07) is 9.58. The normalized spacial score (nSPS) is 19.4. The molecule has 4 nitrogen and oxygen atoms in total. The van der Waals surface area contributed by atoms with E-state index in [2.05, 4.69) is 4.72 Å². The van der Waals surface area contributed by atoms with E-state index in [0.29, 0.717) is 0 Å². The molecule has 18 heavy (non-hydrogen) atoms. The minimum absolute atomic E-state index is 0.0543. The Hall–Kier alpha value is -0.910. The van der Waals surface area contributed by atoms with Crippen molar-refractivity contribution in [2.45, 2.75) is 31.2 Å². The monoisotopic (exact) mass is 269 g/mol. The molecule has 1 atom stereocenters. The van der Waals surface area contributed by atoms with Gasteiger partial charge in [-0.05, 0) is 24.3 Å². The summed E-state index contributed by atoms with van der Waals surface area (Å²) in [5.74, 6) is -0.00290. The van der Waals surface area contributed by atoms with Crippen LogP contribution in [0.15, 0.2) is 30.3 Å². The molecule has 0 aromatic heterocycles. The topological polar surface area (TPSA) is 66.4 Å². The Labute approximate surface area is 108 Å². The van der Waals surface area contributed by atoms with Gasteiger partial charge in [-0.15, -0.1) is 0 Å². The quantitative estimate of drug-likeness (QED) is 0.816. The van der Waals surface area contributed by atoms with E-state index in [0.717, 1.165) is 18.4 Å². The van der Waals surface area contributed by atoms with E-state index in [-0.39, 0.29) is 18.3 Å². The van der Waals surface area contributed by atoms with Gasteiger partial charge in [0.1, 0.15) is 0 Å². The largest absolute Gasteiger partial charge is 0.394 e. The van der Waals surface area contributed by atoms with Gasteiger partial charge in [-0.1, -0.05) is 37.3 Å². The van der Waals surface area contributed by atoms with Crippen LogP contribution in [0.25, 0.3) is 0 Å². The van der Waals surface area contributed by atoms with Gasteiger partial charge < -0.3 is 5.11 Å². The summed E-state index contributed by atoms with van der Waals surface area (Å²) in [6.45, 7) is 1.78. The van der Waals surface area contributed by atoms with Crippen molar-refractivity contribution in [2.24, 2.45) is 0 Å². The molecule has 0 spiro atoms. The summed E-state index contributed by atoms with van der Waals surface area (Å²) in [4.78, 5) is 0. The third-order valence-corrected chi connectivity index (χ3v) is 5.05. The van der Waals surface area contributed by atoms with E-state index in [1.165, 1.54) is 0 Å². The molecule has 1 aromatic carbocycles. The number of nitrogens with one attached hydrogen (secondary N) is 1. The van der Waals surface area contributed by atoms with Gasteiger partial charge in [-0.3, -0.25) is 0 Å². The lowest BCUT2D eigenvalue weighted by Crippen LogP contribution is -2.41. The van der Waals surface area contributed by atoms with E-state index in [1.54, 1.807) is 0 Å². The molecule has 2 rings (SSSR count). The number of sulfonamides is 1. The number of benzene rings is 1. The Morgan fingerprint density at radius 3 is 2.44 bits per heavy atom. The van der Waals surface area contributed by atoms with E-state index < -0.39 is 15.6 Å². The standard InChI is InChI=1S/C13H19NO3S/c1-11(12-5-3-2-4-6-12)9-18(16,17)14-13(10-15)7-8-13/h2-6,11,14-15H,7-10H2,1H3. The van der Waals surface area contributed by atoms with Gasteiger partial charge in [0.2, 0.25) is 10.0 Å². The van der Waals surface area contributed by atoms with Crippen molar-refractivity contribution in [1.29, 1.82) is 0 Å². The molecule has 0 heterocycles. The highest BCUT2D eigenvalue weighted by Crippen LogP contribution is 2.35. The fraction of sp³-hybridized carbons (Fsp3) is 0.538. The van der Waals surface area contributed by atoms with E-state index in [1.807, 2.05) is 37.3 Å². The second-order valence-electron chi connectivity index (χ2n) is 5.13. The first-order valence-corrected chi connectivity index (χ1v) is 7.79.